The summed E-state index contributed by atoms with van der Waals surface area (Å²) in [4.78, 5) is 24.1. The third-order valence-corrected chi connectivity index (χ3v) is 3.83. The molecule has 0 amide bonds. The second kappa shape index (κ2) is 7.19. The summed E-state index contributed by atoms with van der Waals surface area (Å²) in [7, 11) is 0. The molecule has 0 spiro atoms. The fourth-order valence-corrected chi connectivity index (χ4v) is 2.57. The summed E-state index contributed by atoms with van der Waals surface area (Å²) in [6, 6.07) is 9.67. The van der Waals surface area contributed by atoms with Crippen LogP contribution in [0.4, 0.5) is 0 Å². The average molecular weight is 282 g/mol. The Kier molecular flexibility index (Phi) is 5.89. The highest BCUT2D eigenvalue weighted by Gasteiger charge is 2.42. The number of carboxylic acid groups (broad SMARTS) is 1. The van der Waals surface area contributed by atoms with E-state index in [0.29, 0.717) is 5.75 Å². The van der Waals surface area contributed by atoms with E-state index >= 15 is 0 Å². The summed E-state index contributed by atoms with van der Waals surface area (Å²) in [6.07, 6.45) is 0.237. The van der Waals surface area contributed by atoms with Crippen LogP contribution in [0.15, 0.2) is 35.2 Å². The van der Waals surface area contributed by atoms with Crippen LogP contribution in [0, 0.1) is 5.41 Å². The molecule has 0 fully saturated rings. The zero-order chi connectivity index (χ0) is 14.3. The van der Waals surface area contributed by atoms with E-state index in [0.717, 1.165) is 4.90 Å². The van der Waals surface area contributed by atoms with E-state index in [1.807, 2.05) is 30.3 Å². The number of carbonyl (C=O) groups excluding carboxylic acids is 1. The molecule has 0 aliphatic carbocycles. The van der Waals surface area contributed by atoms with Crippen LogP contribution < -0.4 is 0 Å². The Morgan fingerprint density at radius 1 is 1.32 bits per heavy atom. The second-order valence-corrected chi connectivity index (χ2v) is 5.44. The topological polar surface area (TPSA) is 63.6 Å². The number of thioether (sulfide) groups is 1. The second-order valence-electron chi connectivity index (χ2n) is 4.27. The van der Waals surface area contributed by atoms with E-state index in [2.05, 4.69) is 0 Å². The van der Waals surface area contributed by atoms with Gasteiger partial charge in [0.2, 0.25) is 0 Å². The first-order valence-electron chi connectivity index (χ1n) is 6.09. The lowest BCUT2D eigenvalue weighted by molar-refractivity contribution is -0.167. The van der Waals surface area contributed by atoms with E-state index in [4.69, 9.17) is 4.74 Å². The number of carbonyl (C=O) groups is 2. The number of hydrogen-bond acceptors (Lipinski definition) is 4. The Bertz CT molecular complexity index is 432. The first kappa shape index (κ1) is 15.6. The largest absolute Gasteiger partial charge is 0.480 e. The van der Waals surface area contributed by atoms with Crippen molar-refractivity contribution in [1.29, 1.82) is 0 Å². The molecule has 0 heterocycles. The normalized spacial score (nSPS) is 13.6. The molecule has 0 aliphatic rings. The molecule has 1 rings (SSSR count). The standard InChI is InChI=1S/C14H18O4S/c1-3-18-13(17)14(2,12(15)16)9-10-19-11-7-5-4-6-8-11/h4-8H,3,9-10H2,1-2H3,(H,15,16). The van der Waals surface area contributed by atoms with Crippen molar-refractivity contribution in [3.05, 3.63) is 30.3 Å². The zero-order valence-electron chi connectivity index (χ0n) is 11.1. The highest BCUT2D eigenvalue weighted by molar-refractivity contribution is 7.99. The van der Waals surface area contributed by atoms with Crippen molar-refractivity contribution in [3.8, 4) is 0 Å². The van der Waals surface area contributed by atoms with Crippen LogP contribution in [-0.2, 0) is 14.3 Å². The highest BCUT2D eigenvalue weighted by Crippen LogP contribution is 2.28. The van der Waals surface area contributed by atoms with Crippen molar-refractivity contribution in [2.45, 2.75) is 25.2 Å². The van der Waals surface area contributed by atoms with Crippen molar-refractivity contribution in [2.24, 2.45) is 5.41 Å². The molecule has 0 saturated carbocycles. The summed E-state index contributed by atoms with van der Waals surface area (Å²) in [6.45, 7) is 3.27. The van der Waals surface area contributed by atoms with Crippen molar-refractivity contribution in [1.82, 2.24) is 0 Å². The molecule has 0 radical (unpaired) electrons. The van der Waals surface area contributed by atoms with Gasteiger partial charge in [0.15, 0.2) is 5.41 Å². The van der Waals surface area contributed by atoms with Crippen LogP contribution in [0.5, 0.6) is 0 Å². The average Bonchev–Trinajstić information content (AvgIpc) is 2.39. The van der Waals surface area contributed by atoms with Gasteiger partial charge in [0, 0.05) is 4.90 Å². The summed E-state index contributed by atoms with van der Waals surface area (Å²) in [5, 5.41) is 9.22. The fraction of sp³-hybridized carbons (Fsp3) is 0.429. The Morgan fingerprint density at radius 2 is 1.95 bits per heavy atom. The third-order valence-electron chi connectivity index (χ3n) is 2.81. The molecule has 0 aromatic heterocycles. The number of carboxylic acids is 1. The van der Waals surface area contributed by atoms with E-state index in [9.17, 15) is 14.7 Å². The van der Waals surface area contributed by atoms with Gasteiger partial charge in [-0.2, -0.15) is 0 Å². The Labute approximate surface area is 117 Å². The summed E-state index contributed by atoms with van der Waals surface area (Å²) in [5.41, 5.74) is -1.47. The van der Waals surface area contributed by atoms with E-state index < -0.39 is 17.4 Å². The zero-order valence-corrected chi connectivity index (χ0v) is 11.9. The predicted molar refractivity (Wildman–Crippen MR) is 74.2 cm³/mol. The van der Waals surface area contributed by atoms with Gasteiger partial charge in [0.1, 0.15) is 0 Å². The number of ether oxygens (including phenoxy) is 1. The van der Waals surface area contributed by atoms with E-state index in [1.54, 1.807) is 6.92 Å². The van der Waals surface area contributed by atoms with E-state index in [-0.39, 0.29) is 13.0 Å². The third kappa shape index (κ3) is 4.28. The van der Waals surface area contributed by atoms with Gasteiger partial charge in [-0.05, 0) is 38.2 Å². The minimum atomic E-state index is -1.47. The Morgan fingerprint density at radius 3 is 2.47 bits per heavy atom. The first-order chi connectivity index (χ1) is 9.00. The maximum atomic E-state index is 11.7. The number of aliphatic carboxylic acids is 1. The van der Waals surface area contributed by atoms with Gasteiger partial charge in [0.25, 0.3) is 0 Å². The molecule has 1 aromatic rings. The van der Waals surface area contributed by atoms with Gasteiger partial charge in [-0.1, -0.05) is 18.2 Å². The van der Waals surface area contributed by atoms with Gasteiger partial charge >= 0.3 is 11.9 Å². The molecular weight excluding hydrogens is 264 g/mol. The van der Waals surface area contributed by atoms with Crippen molar-refractivity contribution >= 4 is 23.7 Å². The lowest BCUT2D eigenvalue weighted by Gasteiger charge is -2.22. The van der Waals surface area contributed by atoms with E-state index in [1.165, 1.54) is 18.7 Å². The van der Waals surface area contributed by atoms with Gasteiger partial charge in [-0.25, -0.2) is 0 Å². The van der Waals surface area contributed by atoms with Crippen molar-refractivity contribution in [3.63, 3.8) is 0 Å². The minimum Gasteiger partial charge on any atom is -0.480 e. The fourth-order valence-electron chi connectivity index (χ4n) is 1.48. The van der Waals surface area contributed by atoms with Gasteiger partial charge in [-0.15, -0.1) is 11.8 Å². The minimum absolute atomic E-state index is 0.188. The molecule has 1 atom stereocenters. The molecule has 1 aromatic carbocycles. The van der Waals surface area contributed by atoms with Crippen LogP contribution in [0.2, 0.25) is 0 Å². The molecule has 0 bridgehead atoms. The number of hydrogen-bond donors (Lipinski definition) is 1. The monoisotopic (exact) mass is 282 g/mol. The van der Waals surface area contributed by atoms with Crippen molar-refractivity contribution in [2.75, 3.05) is 12.4 Å². The predicted octanol–water partition coefficient (Wildman–Crippen LogP) is 2.82. The maximum Gasteiger partial charge on any atom is 0.323 e. The lowest BCUT2D eigenvalue weighted by atomic mass is 9.88. The molecule has 5 heteroatoms. The Hall–Kier alpha value is -1.49. The van der Waals surface area contributed by atoms with Crippen molar-refractivity contribution < 1.29 is 19.4 Å². The SMILES string of the molecule is CCOC(=O)C(C)(CCSc1ccccc1)C(=O)O. The summed E-state index contributed by atoms with van der Waals surface area (Å²) < 4.78 is 4.84. The van der Waals surface area contributed by atoms with Crippen LogP contribution >= 0.6 is 11.8 Å². The van der Waals surface area contributed by atoms with Gasteiger partial charge in [0.05, 0.1) is 6.61 Å². The highest BCUT2D eigenvalue weighted by atomic mass is 32.2. The quantitative estimate of drug-likeness (QED) is 0.473. The smallest absolute Gasteiger partial charge is 0.323 e. The number of benzene rings is 1. The van der Waals surface area contributed by atoms with Crippen LogP contribution in [0.1, 0.15) is 20.3 Å². The molecule has 19 heavy (non-hydrogen) atoms. The van der Waals surface area contributed by atoms with Crippen LogP contribution in [0.25, 0.3) is 0 Å². The molecule has 0 saturated heterocycles. The maximum absolute atomic E-state index is 11.7. The molecule has 104 valence electrons. The first-order valence-corrected chi connectivity index (χ1v) is 7.07. The van der Waals surface area contributed by atoms with Crippen LogP contribution in [0.3, 0.4) is 0 Å². The summed E-state index contributed by atoms with van der Waals surface area (Å²) >= 11 is 1.53. The molecule has 0 aliphatic heterocycles. The number of esters is 1. The van der Waals surface area contributed by atoms with Gasteiger partial charge < -0.3 is 9.84 Å². The lowest BCUT2D eigenvalue weighted by Crippen LogP contribution is -2.38. The van der Waals surface area contributed by atoms with Crippen LogP contribution in [-0.4, -0.2) is 29.4 Å². The Balaban J connectivity index is 2.60. The summed E-state index contributed by atoms with van der Waals surface area (Å²) in [5.74, 6) is -1.26. The molecule has 1 N–H and O–H groups in total. The van der Waals surface area contributed by atoms with Gasteiger partial charge in [-0.3, -0.25) is 9.59 Å². The number of rotatable bonds is 7. The molecule has 4 nitrogen and oxygen atoms in total. The molecular formula is C14H18O4S. The molecule has 1 unspecified atom stereocenters.